The number of benzene rings is 1. The van der Waals surface area contributed by atoms with Crippen molar-refractivity contribution in [3.63, 3.8) is 0 Å². The zero-order chi connectivity index (χ0) is 12.5. The van der Waals surface area contributed by atoms with Crippen molar-refractivity contribution in [3.05, 3.63) is 28.2 Å². The molecule has 94 valence electrons. The summed E-state index contributed by atoms with van der Waals surface area (Å²) in [6.45, 7) is 2.64. The third-order valence-electron chi connectivity index (χ3n) is 3.15. The SMILES string of the molecule is COCCC1(C)C[C@H](O)c2ccc(Br)cc2O1. The van der Waals surface area contributed by atoms with Gasteiger partial charge in [-0.2, -0.15) is 0 Å². The second-order valence-corrected chi connectivity index (χ2v) is 5.61. The van der Waals surface area contributed by atoms with E-state index in [1.165, 1.54) is 0 Å². The number of aliphatic hydroxyl groups excluding tert-OH is 1. The fraction of sp³-hybridized carbons (Fsp3) is 0.538. The first-order chi connectivity index (χ1) is 8.04. The standard InChI is InChI=1S/C13H17BrO3/c1-13(5-6-16-2)8-11(15)10-4-3-9(14)7-12(10)17-13/h3-4,7,11,15H,5-6,8H2,1-2H3/t11-,13?/m0/s1. The van der Waals surface area contributed by atoms with Gasteiger partial charge in [-0.05, 0) is 19.1 Å². The molecular weight excluding hydrogens is 284 g/mol. The van der Waals surface area contributed by atoms with E-state index in [1.807, 2.05) is 25.1 Å². The Morgan fingerprint density at radius 1 is 1.59 bits per heavy atom. The molecule has 1 aliphatic rings. The highest BCUT2D eigenvalue weighted by atomic mass is 79.9. The number of ether oxygens (including phenoxy) is 2. The number of halogens is 1. The Labute approximate surface area is 110 Å². The minimum Gasteiger partial charge on any atom is -0.487 e. The molecule has 0 aromatic heterocycles. The van der Waals surface area contributed by atoms with Gasteiger partial charge in [0.2, 0.25) is 0 Å². The lowest BCUT2D eigenvalue weighted by atomic mass is 9.88. The van der Waals surface area contributed by atoms with Crippen LogP contribution in [0.15, 0.2) is 22.7 Å². The summed E-state index contributed by atoms with van der Waals surface area (Å²) in [5.41, 5.74) is 0.506. The third-order valence-corrected chi connectivity index (χ3v) is 3.64. The Morgan fingerprint density at radius 3 is 3.06 bits per heavy atom. The maximum atomic E-state index is 10.2. The fourth-order valence-corrected chi connectivity index (χ4v) is 2.51. The van der Waals surface area contributed by atoms with Crippen LogP contribution in [0.2, 0.25) is 0 Å². The second-order valence-electron chi connectivity index (χ2n) is 4.70. The normalized spacial score (nSPS) is 27.4. The molecule has 0 saturated carbocycles. The Hall–Kier alpha value is -0.580. The minimum atomic E-state index is -0.464. The average Bonchev–Trinajstić information content (AvgIpc) is 2.25. The van der Waals surface area contributed by atoms with E-state index in [1.54, 1.807) is 7.11 Å². The van der Waals surface area contributed by atoms with Crippen LogP contribution >= 0.6 is 15.9 Å². The van der Waals surface area contributed by atoms with Crippen LogP contribution in [0.3, 0.4) is 0 Å². The number of hydrogen-bond donors (Lipinski definition) is 1. The Kier molecular flexibility index (Phi) is 3.76. The van der Waals surface area contributed by atoms with Crippen molar-refractivity contribution in [2.24, 2.45) is 0 Å². The summed E-state index contributed by atoms with van der Waals surface area (Å²) < 4.78 is 12.0. The number of fused-ring (bicyclic) bond motifs is 1. The van der Waals surface area contributed by atoms with E-state index in [0.29, 0.717) is 13.0 Å². The van der Waals surface area contributed by atoms with Crippen molar-refractivity contribution in [2.45, 2.75) is 31.5 Å². The molecule has 3 nitrogen and oxygen atoms in total. The van der Waals surface area contributed by atoms with E-state index in [4.69, 9.17) is 9.47 Å². The average molecular weight is 301 g/mol. The zero-order valence-corrected chi connectivity index (χ0v) is 11.7. The molecule has 2 rings (SSSR count). The Balaban J connectivity index is 2.25. The molecule has 0 amide bonds. The lowest BCUT2D eigenvalue weighted by Crippen LogP contribution is -2.39. The van der Waals surface area contributed by atoms with Gasteiger partial charge in [0.25, 0.3) is 0 Å². The van der Waals surface area contributed by atoms with Gasteiger partial charge in [0.05, 0.1) is 6.10 Å². The van der Waals surface area contributed by atoms with Gasteiger partial charge in [-0.15, -0.1) is 0 Å². The largest absolute Gasteiger partial charge is 0.487 e. The zero-order valence-electron chi connectivity index (χ0n) is 10.1. The van der Waals surface area contributed by atoms with Crippen molar-refractivity contribution in [3.8, 4) is 5.75 Å². The van der Waals surface area contributed by atoms with E-state index in [-0.39, 0.29) is 5.60 Å². The van der Waals surface area contributed by atoms with Crippen LogP contribution in [-0.2, 0) is 4.74 Å². The predicted octanol–water partition coefficient (Wildman–Crippen LogP) is 3.06. The molecule has 1 aromatic carbocycles. The molecule has 1 heterocycles. The first-order valence-electron chi connectivity index (χ1n) is 5.69. The summed E-state index contributed by atoms with van der Waals surface area (Å²) >= 11 is 3.41. The summed E-state index contributed by atoms with van der Waals surface area (Å²) in [5, 5.41) is 10.2. The maximum absolute atomic E-state index is 10.2. The van der Waals surface area contributed by atoms with E-state index in [9.17, 15) is 5.11 Å². The molecule has 1 N–H and O–H groups in total. The number of hydrogen-bond acceptors (Lipinski definition) is 3. The van der Waals surface area contributed by atoms with Crippen molar-refractivity contribution in [1.82, 2.24) is 0 Å². The minimum absolute atomic E-state index is 0.358. The Bertz CT molecular complexity index is 408. The van der Waals surface area contributed by atoms with Crippen LogP contribution < -0.4 is 4.74 Å². The van der Waals surface area contributed by atoms with E-state index in [2.05, 4.69) is 15.9 Å². The Morgan fingerprint density at radius 2 is 2.35 bits per heavy atom. The number of aliphatic hydroxyl groups is 1. The van der Waals surface area contributed by atoms with Crippen LogP contribution in [0, 0.1) is 0 Å². The van der Waals surface area contributed by atoms with Crippen LogP contribution in [-0.4, -0.2) is 24.4 Å². The van der Waals surface area contributed by atoms with Crippen molar-refractivity contribution >= 4 is 15.9 Å². The van der Waals surface area contributed by atoms with Crippen LogP contribution in [0.1, 0.15) is 31.4 Å². The summed E-state index contributed by atoms with van der Waals surface area (Å²) in [4.78, 5) is 0. The van der Waals surface area contributed by atoms with Gasteiger partial charge in [-0.25, -0.2) is 0 Å². The van der Waals surface area contributed by atoms with E-state index < -0.39 is 6.10 Å². The van der Waals surface area contributed by atoms with E-state index in [0.717, 1.165) is 22.2 Å². The molecule has 0 fully saturated rings. The quantitative estimate of drug-likeness (QED) is 0.932. The van der Waals surface area contributed by atoms with Gasteiger partial charge < -0.3 is 14.6 Å². The van der Waals surface area contributed by atoms with Gasteiger partial charge in [0, 0.05) is 36.6 Å². The van der Waals surface area contributed by atoms with Crippen LogP contribution in [0.25, 0.3) is 0 Å². The highest BCUT2D eigenvalue weighted by Gasteiger charge is 2.36. The molecule has 1 unspecified atom stereocenters. The smallest absolute Gasteiger partial charge is 0.127 e. The predicted molar refractivity (Wildman–Crippen MR) is 69.2 cm³/mol. The molecule has 0 spiro atoms. The van der Waals surface area contributed by atoms with Gasteiger partial charge in [-0.1, -0.05) is 22.0 Å². The summed E-state index contributed by atoms with van der Waals surface area (Å²) in [5.74, 6) is 0.761. The summed E-state index contributed by atoms with van der Waals surface area (Å²) in [6, 6.07) is 5.73. The van der Waals surface area contributed by atoms with Crippen LogP contribution in [0.5, 0.6) is 5.75 Å². The first kappa shape index (κ1) is 12.9. The summed E-state index contributed by atoms with van der Waals surface area (Å²) in [6.07, 6.45) is 0.908. The molecule has 4 heteroatoms. The number of rotatable bonds is 3. The molecule has 0 aliphatic carbocycles. The van der Waals surface area contributed by atoms with Crippen molar-refractivity contribution in [2.75, 3.05) is 13.7 Å². The van der Waals surface area contributed by atoms with Gasteiger partial charge >= 0.3 is 0 Å². The summed E-state index contributed by atoms with van der Waals surface area (Å²) in [7, 11) is 1.67. The highest BCUT2D eigenvalue weighted by Crippen LogP contribution is 2.41. The van der Waals surface area contributed by atoms with Gasteiger partial charge in [0.1, 0.15) is 11.4 Å². The van der Waals surface area contributed by atoms with Crippen molar-refractivity contribution < 1.29 is 14.6 Å². The van der Waals surface area contributed by atoms with Gasteiger partial charge in [-0.3, -0.25) is 0 Å². The molecule has 0 saturated heterocycles. The molecule has 1 aliphatic heterocycles. The molecule has 17 heavy (non-hydrogen) atoms. The van der Waals surface area contributed by atoms with Crippen molar-refractivity contribution in [1.29, 1.82) is 0 Å². The lowest BCUT2D eigenvalue weighted by Gasteiger charge is -2.38. The monoisotopic (exact) mass is 300 g/mol. The molecule has 0 radical (unpaired) electrons. The first-order valence-corrected chi connectivity index (χ1v) is 6.49. The maximum Gasteiger partial charge on any atom is 0.127 e. The second kappa shape index (κ2) is 4.96. The third kappa shape index (κ3) is 2.81. The molecule has 2 atom stereocenters. The highest BCUT2D eigenvalue weighted by molar-refractivity contribution is 9.10. The van der Waals surface area contributed by atoms with E-state index >= 15 is 0 Å². The van der Waals surface area contributed by atoms with Crippen LogP contribution in [0.4, 0.5) is 0 Å². The number of methoxy groups -OCH3 is 1. The fourth-order valence-electron chi connectivity index (χ4n) is 2.17. The van der Waals surface area contributed by atoms with Gasteiger partial charge in [0.15, 0.2) is 0 Å². The molecule has 0 bridgehead atoms. The molecular formula is C13H17BrO3. The topological polar surface area (TPSA) is 38.7 Å². The lowest BCUT2D eigenvalue weighted by molar-refractivity contribution is -0.0202. The molecule has 1 aromatic rings.